The van der Waals surface area contributed by atoms with Crippen molar-refractivity contribution in [3.8, 4) is 11.4 Å². The van der Waals surface area contributed by atoms with Gasteiger partial charge in [-0.05, 0) is 13.0 Å². The van der Waals surface area contributed by atoms with Gasteiger partial charge in [-0.25, -0.2) is 18.7 Å². The maximum atomic E-state index is 14.2. The molecule has 160 valence electrons. The number of pyridine rings is 2. The number of hydrogen-bond acceptors (Lipinski definition) is 5. The van der Waals surface area contributed by atoms with Crippen molar-refractivity contribution in [2.45, 2.75) is 30.9 Å². The summed E-state index contributed by atoms with van der Waals surface area (Å²) in [7, 11) is 0. The minimum Gasteiger partial charge on any atom is -0.376 e. The van der Waals surface area contributed by atoms with Crippen LogP contribution in [-0.2, 0) is 5.60 Å². The third kappa shape index (κ3) is 3.58. The zero-order valence-corrected chi connectivity index (χ0v) is 15.7. The Morgan fingerprint density at radius 3 is 2.67 bits per heavy atom. The third-order valence-electron chi connectivity index (χ3n) is 5.15. The molecule has 0 radical (unpaired) electrons. The summed E-state index contributed by atoms with van der Waals surface area (Å²) in [5.74, 6) is -0.563. The molecule has 3 N–H and O–H groups in total. The molecule has 1 saturated heterocycles. The number of hydrogen-bond donors (Lipinski definition) is 3. The number of alkyl halides is 4. The van der Waals surface area contributed by atoms with Gasteiger partial charge >= 0.3 is 6.18 Å². The van der Waals surface area contributed by atoms with Crippen molar-refractivity contribution < 1.29 is 27.1 Å². The van der Waals surface area contributed by atoms with Crippen LogP contribution in [0.15, 0.2) is 36.7 Å². The predicted octanol–water partition coefficient (Wildman–Crippen LogP) is 3.03. The highest BCUT2D eigenvalue weighted by Gasteiger charge is 2.51. The van der Waals surface area contributed by atoms with Gasteiger partial charge in [0.1, 0.15) is 23.5 Å². The maximum Gasteiger partial charge on any atom is 0.421 e. The van der Waals surface area contributed by atoms with E-state index in [1.165, 1.54) is 16.7 Å². The fourth-order valence-electron chi connectivity index (χ4n) is 3.30. The fourth-order valence-corrected chi connectivity index (χ4v) is 3.30. The second kappa shape index (κ2) is 7.17. The number of aliphatic hydroxyl groups is 1. The highest BCUT2D eigenvalue weighted by molar-refractivity contribution is 5.62. The van der Waals surface area contributed by atoms with Gasteiger partial charge in [-0.2, -0.15) is 13.2 Å². The molecular weight excluding hydrogens is 409 g/mol. The molecule has 6 nitrogen and oxygen atoms in total. The van der Waals surface area contributed by atoms with Crippen molar-refractivity contribution >= 4 is 11.5 Å². The van der Waals surface area contributed by atoms with Crippen molar-refractivity contribution in [1.29, 1.82) is 0 Å². The largest absolute Gasteiger partial charge is 0.421 e. The molecule has 1 aliphatic rings. The zero-order chi connectivity index (χ0) is 21.7. The highest BCUT2D eigenvalue weighted by atomic mass is 19.4. The second-order valence-corrected chi connectivity index (χ2v) is 7.34. The molecule has 11 heteroatoms. The zero-order valence-electron chi connectivity index (χ0n) is 15.7. The van der Waals surface area contributed by atoms with Crippen LogP contribution in [0.1, 0.15) is 12.5 Å². The van der Waals surface area contributed by atoms with Gasteiger partial charge in [0.2, 0.25) is 0 Å². The van der Waals surface area contributed by atoms with E-state index < -0.39 is 35.4 Å². The summed E-state index contributed by atoms with van der Waals surface area (Å²) in [6.07, 6.45) is -3.64. The van der Waals surface area contributed by atoms with E-state index in [-0.39, 0.29) is 29.4 Å². The van der Waals surface area contributed by atoms with E-state index in [0.29, 0.717) is 13.5 Å². The number of fused-ring (bicyclic) bond motifs is 1. The second-order valence-electron chi connectivity index (χ2n) is 7.34. The fraction of sp³-hybridized carbons (Fsp3) is 0.368. The molecule has 0 aliphatic carbocycles. The van der Waals surface area contributed by atoms with Crippen molar-refractivity contribution in [1.82, 2.24) is 19.7 Å². The van der Waals surface area contributed by atoms with Crippen molar-refractivity contribution in [2.75, 3.05) is 18.4 Å². The molecule has 0 spiro atoms. The molecule has 4 rings (SSSR count). The number of rotatable bonds is 4. The Balaban J connectivity index is 1.75. The molecular formula is C19H18F5N5O. The molecule has 0 bridgehead atoms. The summed E-state index contributed by atoms with van der Waals surface area (Å²) in [6, 6.07) is 4.07. The Hall–Kier alpha value is -2.79. The highest BCUT2D eigenvalue weighted by Crippen LogP contribution is 2.38. The van der Waals surface area contributed by atoms with Gasteiger partial charge in [0.05, 0.1) is 23.6 Å². The molecule has 4 heterocycles. The number of nitrogens with one attached hydrogen (secondary N) is 2. The van der Waals surface area contributed by atoms with Gasteiger partial charge in [-0.1, -0.05) is 6.07 Å². The van der Waals surface area contributed by atoms with Gasteiger partial charge in [0.15, 0.2) is 5.60 Å². The minimum absolute atomic E-state index is 0.0924. The van der Waals surface area contributed by atoms with Crippen LogP contribution in [0.25, 0.3) is 17.0 Å². The molecule has 0 aromatic carbocycles. The monoisotopic (exact) mass is 427 g/mol. The summed E-state index contributed by atoms with van der Waals surface area (Å²) < 4.78 is 69.0. The van der Waals surface area contributed by atoms with Crippen LogP contribution in [0.2, 0.25) is 0 Å². The first-order valence-electron chi connectivity index (χ1n) is 9.12. The lowest BCUT2D eigenvalue weighted by Gasteiger charge is -2.26. The first kappa shape index (κ1) is 20.5. The molecule has 0 unspecified atom stereocenters. The van der Waals surface area contributed by atoms with Crippen molar-refractivity contribution in [3.05, 3.63) is 48.0 Å². The topological polar surface area (TPSA) is 74.5 Å². The summed E-state index contributed by atoms with van der Waals surface area (Å²) in [4.78, 5) is 8.38. The standard InChI is InChI=1S/C19H18F5N5O/c1-18(30,19(22,23)24)10-2-3-17-26-8-15(29(17)9-10)13-4-11(20)5-16(27-13)28-14-7-25-6-12(14)21/h2-5,8-9,12,14,25,30H,6-7H2,1H3,(H,27,28)/t12-,14-,18+/m0/s1. The molecule has 0 amide bonds. The third-order valence-corrected chi connectivity index (χ3v) is 5.15. The molecule has 1 fully saturated rings. The Labute approximate surface area is 167 Å². The minimum atomic E-state index is -4.90. The van der Waals surface area contributed by atoms with E-state index in [9.17, 15) is 27.1 Å². The van der Waals surface area contributed by atoms with Gasteiger partial charge in [0.25, 0.3) is 0 Å². The summed E-state index contributed by atoms with van der Waals surface area (Å²) in [5, 5.41) is 15.7. The van der Waals surface area contributed by atoms with Crippen LogP contribution in [0.4, 0.5) is 27.8 Å². The van der Waals surface area contributed by atoms with E-state index in [2.05, 4.69) is 20.6 Å². The van der Waals surface area contributed by atoms with Crippen LogP contribution in [0.5, 0.6) is 0 Å². The predicted molar refractivity (Wildman–Crippen MR) is 99.2 cm³/mol. The van der Waals surface area contributed by atoms with Crippen LogP contribution in [0.3, 0.4) is 0 Å². The number of nitrogens with zero attached hydrogens (tertiary/aromatic N) is 3. The molecule has 1 aliphatic heterocycles. The Morgan fingerprint density at radius 2 is 2.00 bits per heavy atom. The Bertz CT molecular complexity index is 1080. The molecule has 3 aromatic rings. The van der Waals surface area contributed by atoms with Gasteiger partial charge in [0, 0.05) is 37.0 Å². The van der Waals surface area contributed by atoms with Gasteiger partial charge in [-0.3, -0.25) is 4.40 Å². The lowest BCUT2D eigenvalue weighted by Crippen LogP contribution is -2.39. The van der Waals surface area contributed by atoms with Crippen LogP contribution in [0, 0.1) is 5.82 Å². The normalized spacial score (nSPS) is 21.7. The molecule has 0 saturated carbocycles. The Morgan fingerprint density at radius 1 is 1.23 bits per heavy atom. The summed E-state index contributed by atoms with van der Waals surface area (Å²) in [5.41, 5.74) is -2.90. The Kier molecular flexibility index (Phi) is 4.89. The van der Waals surface area contributed by atoms with Crippen LogP contribution < -0.4 is 10.6 Å². The van der Waals surface area contributed by atoms with Crippen molar-refractivity contribution in [3.63, 3.8) is 0 Å². The number of aromatic nitrogens is 3. The molecule has 3 aromatic heterocycles. The first-order chi connectivity index (χ1) is 14.1. The van der Waals surface area contributed by atoms with E-state index in [0.717, 1.165) is 24.4 Å². The summed E-state index contributed by atoms with van der Waals surface area (Å²) in [6.45, 7) is 1.17. The average molecular weight is 427 g/mol. The van der Waals surface area contributed by atoms with E-state index in [1.807, 2.05) is 0 Å². The number of imidazole rings is 1. The SMILES string of the molecule is C[C@@](O)(c1ccc2ncc(-c3cc(F)cc(N[C@H]4CNC[C@@H]4F)n3)n2c1)C(F)(F)F. The lowest BCUT2D eigenvalue weighted by atomic mass is 9.97. The summed E-state index contributed by atoms with van der Waals surface area (Å²) >= 11 is 0. The van der Waals surface area contributed by atoms with E-state index >= 15 is 0 Å². The van der Waals surface area contributed by atoms with Gasteiger partial charge < -0.3 is 15.7 Å². The van der Waals surface area contributed by atoms with Crippen LogP contribution in [-0.4, -0.2) is 51.0 Å². The number of anilines is 1. The molecule has 3 atom stereocenters. The van der Waals surface area contributed by atoms with E-state index in [1.54, 1.807) is 0 Å². The average Bonchev–Trinajstić information content (AvgIpc) is 3.26. The van der Waals surface area contributed by atoms with Gasteiger partial charge in [-0.15, -0.1) is 0 Å². The van der Waals surface area contributed by atoms with Crippen LogP contribution >= 0.6 is 0 Å². The maximum absolute atomic E-state index is 14.2. The molecule has 30 heavy (non-hydrogen) atoms. The first-order valence-corrected chi connectivity index (χ1v) is 9.12. The number of halogens is 5. The van der Waals surface area contributed by atoms with Crippen molar-refractivity contribution in [2.24, 2.45) is 0 Å². The van der Waals surface area contributed by atoms with E-state index in [4.69, 9.17) is 0 Å². The quantitative estimate of drug-likeness (QED) is 0.559. The smallest absolute Gasteiger partial charge is 0.376 e. The lowest BCUT2D eigenvalue weighted by molar-refractivity contribution is -0.259.